The van der Waals surface area contributed by atoms with Gasteiger partial charge >= 0.3 is 0 Å². The average molecular weight is 409 g/mol. The summed E-state index contributed by atoms with van der Waals surface area (Å²) in [5.41, 5.74) is 0.950. The number of para-hydroxylation sites is 1. The second kappa shape index (κ2) is 9.24. The van der Waals surface area contributed by atoms with Gasteiger partial charge in [-0.2, -0.15) is 0 Å². The Morgan fingerprint density at radius 1 is 1.15 bits per heavy atom. The zero-order valence-corrected chi connectivity index (χ0v) is 17.0. The number of carbonyl (C=O) groups is 2. The maximum atomic E-state index is 13.8. The predicted octanol–water partition coefficient (Wildman–Crippen LogP) is 4.88. The molecule has 0 aliphatic rings. The molecule has 0 heterocycles. The van der Waals surface area contributed by atoms with Crippen LogP contribution in [-0.4, -0.2) is 23.1 Å². The molecule has 144 valence electrons. The lowest BCUT2D eigenvalue weighted by molar-refractivity contribution is -0.113. The minimum Gasteiger partial charge on any atom is -0.347 e. The van der Waals surface area contributed by atoms with E-state index in [0.29, 0.717) is 27.6 Å². The Morgan fingerprint density at radius 2 is 1.85 bits per heavy atom. The van der Waals surface area contributed by atoms with Crippen molar-refractivity contribution in [3.8, 4) is 0 Å². The van der Waals surface area contributed by atoms with Crippen molar-refractivity contribution in [2.45, 2.75) is 32.1 Å². The van der Waals surface area contributed by atoms with E-state index in [4.69, 9.17) is 11.6 Å². The van der Waals surface area contributed by atoms with E-state index in [1.165, 1.54) is 17.8 Å². The Hall–Kier alpha value is -2.05. The van der Waals surface area contributed by atoms with Gasteiger partial charge in [0.2, 0.25) is 5.91 Å². The summed E-state index contributed by atoms with van der Waals surface area (Å²) in [4.78, 5) is 24.6. The van der Waals surface area contributed by atoms with Gasteiger partial charge in [0.25, 0.3) is 5.91 Å². The first kappa shape index (κ1) is 21.3. The molecule has 0 saturated heterocycles. The summed E-state index contributed by atoms with van der Waals surface area (Å²) in [6.07, 6.45) is 0. The van der Waals surface area contributed by atoms with Gasteiger partial charge in [-0.3, -0.25) is 9.59 Å². The summed E-state index contributed by atoms with van der Waals surface area (Å²) in [7, 11) is 0. The van der Waals surface area contributed by atoms with Crippen LogP contribution in [0.4, 0.5) is 10.1 Å². The van der Waals surface area contributed by atoms with Gasteiger partial charge in [0.1, 0.15) is 5.82 Å². The molecule has 2 aromatic carbocycles. The Morgan fingerprint density at radius 3 is 2.52 bits per heavy atom. The van der Waals surface area contributed by atoms with E-state index in [-0.39, 0.29) is 28.9 Å². The van der Waals surface area contributed by atoms with E-state index in [2.05, 4.69) is 10.6 Å². The fourth-order valence-electron chi connectivity index (χ4n) is 2.28. The Balaban J connectivity index is 1.95. The average Bonchev–Trinajstić information content (AvgIpc) is 2.55. The third-order valence-corrected chi connectivity index (χ3v) is 4.66. The second-order valence-electron chi connectivity index (χ2n) is 7.03. The molecule has 2 amide bonds. The highest BCUT2D eigenvalue weighted by molar-refractivity contribution is 7.99. The number of amides is 2. The van der Waals surface area contributed by atoms with Crippen molar-refractivity contribution >= 4 is 40.9 Å². The van der Waals surface area contributed by atoms with Crippen LogP contribution in [0.1, 0.15) is 36.7 Å². The molecule has 2 rings (SSSR count). The Bertz CT molecular complexity index is 837. The second-order valence-corrected chi connectivity index (χ2v) is 8.45. The molecule has 0 aliphatic carbocycles. The number of thioether (sulfide) groups is 1. The van der Waals surface area contributed by atoms with Crippen molar-refractivity contribution in [2.75, 3.05) is 11.1 Å². The van der Waals surface area contributed by atoms with Crippen molar-refractivity contribution in [3.05, 3.63) is 64.4 Å². The number of benzene rings is 2. The molecule has 0 unspecified atom stereocenters. The molecule has 0 saturated carbocycles. The molecule has 27 heavy (non-hydrogen) atoms. The van der Waals surface area contributed by atoms with Gasteiger partial charge in [0, 0.05) is 16.3 Å². The summed E-state index contributed by atoms with van der Waals surface area (Å²) in [5.74, 6) is -0.417. The van der Waals surface area contributed by atoms with Crippen LogP contribution in [0.2, 0.25) is 5.02 Å². The summed E-state index contributed by atoms with van der Waals surface area (Å²) in [6, 6.07) is 11.3. The minimum atomic E-state index is -0.389. The van der Waals surface area contributed by atoms with Crippen LogP contribution >= 0.6 is 23.4 Å². The van der Waals surface area contributed by atoms with Crippen LogP contribution in [-0.2, 0) is 10.5 Å². The van der Waals surface area contributed by atoms with Crippen LogP contribution in [0.15, 0.2) is 42.5 Å². The monoisotopic (exact) mass is 408 g/mol. The lowest BCUT2D eigenvalue weighted by atomic mass is 10.1. The smallest absolute Gasteiger partial charge is 0.253 e. The van der Waals surface area contributed by atoms with Crippen LogP contribution in [0, 0.1) is 5.82 Å². The number of hydrogen-bond donors (Lipinski definition) is 2. The topological polar surface area (TPSA) is 58.2 Å². The molecule has 0 aromatic heterocycles. The number of hydrogen-bond acceptors (Lipinski definition) is 3. The molecular formula is C20H22ClFN2O2S. The molecule has 2 N–H and O–H groups in total. The first-order chi connectivity index (χ1) is 12.7. The third kappa shape index (κ3) is 6.88. The van der Waals surface area contributed by atoms with Gasteiger partial charge in [-0.25, -0.2) is 4.39 Å². The zero-order chi connectivity index (χ0) is 20.0. The number of carbonyl (C=O) groups excluding carboxylic acids is 2. The lowest BCUT2D eigenvalue weighted by Crippen LogP contribution is -2.40. The standard InChI is InChI=1S/C20H22ClFN2O2S/c1-20(2,3)24-19(26)15-6-4-5-7-17(15)23-18(25)12-27-11-13-8-9-14(21)10-16(13)22/h4-10H,11-12H2,1-3H3,(H,23,25)(H,24,26). The number of nitrogens with one attached hydrogen (secondary N) is 2. The normalized spacial score (nSPS) is 11.1. The quantitative estimate of drug-likeness (QED) is 0.716. The van der Waals surface area contributed by atoms with Gasteiger partial charge in [-0.05, 0) is 50.6 Å². The number of anilines is 1. The molecule has 0 fully saturated rings. The van der Waals surface area contributed by atoms with Crippen molar-refractivity contribution in [3.63, 3.8) is 0 Å². The van der Waals surface area contributed by atoms with Crippen LogP contribution in [0.25, 0.3) is 0 Å². The first-order valence-corrected chi connectivity index (χ1v) is 9.92. The highest BCUT2D eigenvalue weighted by Gasteiger charge is 2.18. The first-order valence-electron chi connectivity index (χ1n) is 8.39. The molecule has 0 aliphatic heterocycles. The van der Waals surface area contributed by atoms with Crippen molar-refractivity contribution in [2.24, 2.45) is 0 Å². The van der Waals surface area contributed by atoms with Crippen LogP contribution in [0.3, 0.4) is 0 Å². The van der Waals surface area contributed by atoms with E-state index in [0.717, 1.165) is 0 Å². The molecule has 2 aromatic rings. The fourth-order valence-corrected chi connectivity index (χ4v) is 3.25. The third-order valence-electron chi connectivity index (χ3n) is 3.44. The zero-order valence-electron chi connectivity index (χ0n) is 15.4. The van der Waals surface area contributed by atoms with E-state index in [1.54, 1.807) is 36.4 Å². The maximum Gasteiger partial charge on any atom is 0.253 e. The highest BCUT2D eigenvalue weighted by atomic mass is 35.5. The maximum absolute atomic E-state index is 13.8. The molecule has 7 heteroatoms. The van der Waals surface area contributed by atoms with Gasteiger partial charge in [-0.15, -0.1) is 11.8 Å². The fraction of sp³-hybridized carbons (Fsp3) is 0.300. The van der Waals surface area contributed by atoms with Gasteiger partial charge in [-0.1, -0.05) is 29.8 Å². The van der Waals surface area contributed by atoms with E-state index in [9.17, 15) is 14.0 Å². The SMILES string of the molecule is CC(C)(C)NC(=O)c1ccccc1NC(=O)CSCc1ccc(Cl)cc1F. The van der Waals surface area contributed by atoms with Crippen molar-refractivity contribution in [1.29, 1.82) is 0 Å². The minimum absolute atomic E-state index is 0.136. The molecule has 0 spiro atoms. The molecule has 0 bridgehead atoms. The van der Waals surface area contributed by atoms with Crippen molar-refractivity contribution in [1.82, 2.24) is 5.32 Å². The summed E-state index contributed by atoms with van der Waals surface area (Å²) >= 11 is 7.01. The highest BCUT2D eigenvalue weighted by Crippen LogP contribution is 2.21. The Labute approximate surface area is 167 Å². The Kier molecular flexibility index (Phi) is 7.27. The number of halogens is 2. The largest absolute Gasteiger partial charge is 0.347 e. The molecule has 0 radical (unpaired) electrons. The van der Waals surface area contributed by atoms with Gasteiger partial charge < -0.3 is 10.6 Å². The predicted molar refractivity (Wildman–Crippen MR) is 110 cm³/mol. The summed E-state index contributed by atoms with van der Waals surface area (Å²) < 4.78 is 13.8. The molecular weight excluding hydrogens is 387 g/mol. The van der Waals surface area contributed by atoms with E-state index >= 15 is 0 Å². The van der Waals surface area contributed by atoms with Gasteiger partial charge in [0.15, 0.2) is 0 Å². The van der Waals surface area contributed by atoms with Gasteiger partial charge in [0.05, 0.1) is 17.0 Å². The number of rotatable bonds is 6. The van der Waals surface area contributed by atoms with E-state index < -0.39 is 0 Å². The van der Waals surface area contributed by atoms with Crippen LogP contribution < -0.4 is 10.6 Å². The lowest BCUT2D eigenvalue weighted by Gasteiger charge is -2.21. The summed E-state index contributed by atoms with van der Waals surface area (Å²) in [5, 5.41) is 5.97. The van der Waals surface area contributed by atoms with E-state index in [1.807, 2.05) is 20.8 Å². The molecule has 0 atom stereocenters. The van der Waals surface area contributed by atoms with Crippen molar-refractivity contribution < 1.29 is 14.0 Å². The van der Waals surface area contributed by atoms with Crippen LogP contribution in [0.5, 0.6) is 0 Å². The summed E-state index contributed by atoms with van der Waals surface area (Å²) in [6.45, 7) is 5.66. The molecule has 4 nitrogen and oxygen atoms in total.